The highest BCUT2D eigenvalue weighted by atomic mass is 16.5. The molecule has 1 aromatic carbocycles. The number of pyridine rings is 1. The number of ether oxygens (including phenoxy) is 2. The standard InChI is InChI=1S/C14H15NO3/c1-17-12-3-2-4-13(9-12)18-10-14(16)11-5-7-15-8-6-11/h2-9,14,16H,10H2,1H3. The molecule has 0 spiro atoms. The van der Waals surface area contributed by atoms with Gasteiger partial charge in [-0.3, -0.25) is 4.98 Å². The van der Waals surface area contributed by atoms with Crippen LogP contribution in [-0.2, 0) is 0 Å². The Kier molecular flexibility index (Phi) is 4.15. The molecular formula is C14H15NO3. The van der Waals surface area contributed by atoms with Crippen LogP contribution in [0.4, 0.5) is 0 Å². The number of aliphatic hydroxyl groups is 1. The molecule has 1 N–H and O–H groups in total. The first-order valence-corrected chi connectivity index (χ1v) is 5.64. The molecule has 0 saturated heterocycles. The highest BCUT2D eigenvalue weighted by Crippen LogP contribution is 2.20. The molecule has 2 aromatic rings. The van der Waals surface area contributed by atoms with Crippen molar-refractivity contribution in [1.29, 1.82) is 0 Å². The third kappa shape index (κ3) is 3.21. The Balaban J connectivity index is 1.95. The molecule has 4 heteroatoms. The number of benzene rings is 1. The molecule has 0 radical (unpaired) electrons. The summed E-state index contributed by atoms with van der Waals surface area (Å²) >= 11 is 0. The van der Waals surface area contributed by atoms with Crippen LogP contribution in [0.1, 0.15) is 11.7 Å². The third-order valence-electron chi connectivity index (χ3n) is 2.54. The molecule has 1 unspecified atom stereocenters. The van der Waals surface area contributed by atoms with Crippen LogP contribution in [0.15, 0.2) is 48.8 Å². The first-order chi connectivity index (χ1) is 8.79. The van der Waals surface area contributed by atoms with E-state index >= 15 is 0 Å². The normalized spacial score (nSPS) is 11.9. The lowest BCUT2D eigenvalue weighted by atomic mass is 10.2. The van der Waals surface area contributed by atoms with Gasteiger partial charge in [0.05, 0.1) is 7.11 Å². The lowest BCUT2D eigenvalue weighted by Crippen LogP contribution is -2.09. The fourth-order valence-electron chi connectivity index (χ4n) is 1.55. The van der Waals surface area contributed by atoms with Crippen molar-refractivity contribution in [1.82, 2.24) is 4.98 Å². The zero-order valence-electron chi connectivity index (χ0n) is 10.1. The molecular weight excluding hydrogens is 230 g/mol. The van der Waals surface area contributed by atoms with Crippen molar-refractivity contribution in [3.63, 3.8) is 0 Å². The summed E-state index contributed by atoms with van der Waals surface area (Å²) in [6.07, 6.45) is 2.62. The average molecular weight is 245 g/mol. The molecule has 0 aliphatic heterocycles. The topological polar surface area (TPSA) is 51.6 Å². The molecule has 1 heterocycles. The van der Waals surface area contributed by atoms with Gasteiger partial charge in [0, 0.05) is 18.5 Å². The van der Waals surface area contributed by atoms with E-state index in [4.69, 9.17) is 9.47 Å². The summed E-state index contributed by atoms with van der Waals surface area (Å²) in [5.41, 5.74) is 0.785. The summed E-state index contributed by atoms with van der Waals surface area (Å²) in [6.45, 7) is 0.192. The molecule has 2 rings (SSSR count). The van der Waals surface area contributed by atoms with Crippen LogP contribution in [-0.4, -0.2) is 23.8 Å². The molecule has 94 valence electrons. The number of methoxy groups -OCH3 is 1. The summed E-state index contributed by atoms with van der Waals surface area (Å²) in [7, 11) is 1.60. The van der Waals surface area contributed by atoms with Crippen LogP contribution < -0.4 is 9.47 Å². The van der Waals surface area contributed by atoms with E-state index in [0.717, 1.165) is 11.3 Å². The quantitative estimate of drug-likeness (QED) is 0.877. The van der Waals surface area contributed by atoms with Gasteiger partial charge in [-0.15, -0.1) is 0 Å². The van der Waals surface area contributed by atoms with Gasteiger partial charge in [0.15, 0.2) is 0 Å². The second kappa shape index (κ2) is 6.02. The van der Waals surface area contributed by atoms with Crippen molar-refractivity contribution in [3.05, 3.63) is 54.4 Å². The molecule has 0 saturated carbocycles. The lowest BCUT2D eigenvalue weighted by Gasteiger charge is -2.12. The summed E-state index contributed by atoms with van der Waals surface area (Å²) < 4.78 is 10.6. The molecule has 0 amide bonds. The zero-order chi connectivity index (χ0) is 12.8. The Bertz CT molecular complexity index is 487. The molecule has 0 bridgehead atoms. The Morgan fingerprint density at radius 1 is 1.17 bits per heavy atom. The fraction of sp³-hybridized carbons (Fsp3) is 0.214. The van der Waals surface area contributed by atoms with Gasteiger partial charge in [-0.1, -0.05) is 6.07 Å². The largest absolute Gasteiger partial charge is 0.497 e. The first-order valence-electron chi connectivity index (χ1n) is 5.64. The third-order valence-corrected chi connectivity index (χ3v) is 2.54. The van der Waals surface area contributed by atoms with Gasteiger partial charge >= 0.3 is 0 Å². The maximum Gasteiger partial charge on any atom is 0.123 e. The van der Waals surface area contributed by atoms with E-state index in [-0.39, 0.29) is 6.61 Å². The number of hydrogen-bond donors (Lipinski definition) is 1. The van der Waals surface area contributed by atoms with Crippen molar-refractivity contribution in [2.45, 2.75) is 6.10 Å². The maximum absolute atomic E-state index is 9.92. The van der Waals surface area contributed by atoms with Crippen LogP contribution >= 0.6 is 0 Å². The van der Waals surface area contributed by atoms with Crippen molar-refractivity contribution >= 4 is 0 Å². The number of aliphatic hydroxyl groups excluding tert-OH is 1. The Morgan fingerprint density at radius 3 is 2.61 bits per heavy atom. The van der Waals surface area contributed by atoms with Crippen molar-refractivity contribution in [3.8, 4) is 11.5 Å². The Morgan fingerprint density at radius 2 is 1.89 bits per heavy atom. The van der Waals surface area contributed by atoms with Crippen LogP contribution in [0.5, 0.6) is 11.5 Å². The monoisotopic (exact) mass is 245 g/mol. The van der Waals surface area contributed by atoms with E-state index in [9.17, 15) is 5.11 Å². The number of hydrogen-bond acceptors (Lipinski definition) is 4. The van der Waals surface area contributed by atoms with Crippen LogP contribution in [0.2, 0.25) is 0 Å². The van der Waals surface area contributed by atoms with Crippen molar-refractivity contribution < 1.29 is 14.6 Å². The minimum absolute atomic E-state index is 0.192. The van der Waals surface area contributed by atoms with E-state index in [1.165, 1.54) is 0 Å². The Labute approximate surface area is 106 Å². The van der Waals surface area contributed by atoms with Gasteiger partial charge < -0.3 is 14.6 Å². The van der Waals surface area contributed by atoms with Gasteiger partial charge in [0.2, 0.25) is 0 Å². The lowest BCUT2D eigenvalue weighted by molar-refractivity contribution is 0.108. The Hall–Kier alpha value is -2.07. The average Bonchev–Trinajstić information content (AvgIpc) is 2.46. The molecule has 0 aliphatic carbocycles. The first kappa shape index (κ1) is 12.4. The van der Waals surface area contributed by atoms with E-state index in [1.807, 2.05) is 18.2 Å². The van der Waals surface area contributed by atoms with E-state index in [2.05, 4.69) is 4.98 Å². The summed E-state index contributed by atoms with van der Waals surface area (Å²) in [4.78, 5) is 3.90. The number of nitrogens with zero attached hydrogens (tertiary/aromatic N) is 1. The predicted octanol–water partition coefficient (Wildman–Crippen LogP) is 2.20. The fourth-order valence-corrected chi connectivity index (χ4v) is 1.55. The molecule has 0 aliphatic rings. The molecule has 1 atom stereocenters. The number of aromatic nitrogens is 1. The van der Waals surface area contributed by atoms with Crippen LogP contribution in [0.25, 0.3) is 0 Å². The van der Waals surface area contributed by atoms with E-state index < -0.39 is 6.10 Å². The van der Waals surface area contributed by atoms with Crippen molar-refractivity contribution in [2.75, 3.05) is 13.7 Å². The maximum atomic E-state index is 9.92. The molecule has 4 nitrogen and oxygen atoms in total. The minimum atomic E-state index is -0.667. The summed E-state index contributed by atoms with van der Waals surface area (Å²) in [5.74, 6) is 1.40. The van der Waals surface area contributed by atoms with Crippen molar-refractivity contribution in [2.24, 2.45) is 0 Å². The zero-order valence-corrected chi connectivity index (χ0v) is 10.1. The van der Waals surface area contributed by atoms with Crippen LogP contribution in [0.3, 0.4) is 0 Å². The second-order valence-corrected chi connectivity index (χ2v) is 3.79. The van der Waals surface area contributed by atoms with Gasteiger partial charge in [-0.25, -0.2) is 0 Å². The second-order valence-electron chi connectivity index (χ2n) is 3.79. The molecule has 0 fully saturated rings. The van der Waals surface area contributed by atoms with Gasteiger partial charge in [-0.2, -0.15) is 0 Å². The highest BCUT2D eigenvalue weighted by Gasteiger charge is 2.08. The van der Waals surface area contributed by atoms with Crippen LogP contribution in [0, 0.1) is 0 Å². The minimum Gasteiger partial charge on any atom is -0.497 e. The van der Waals surface area contributed by atoms with E-state index in [0.29, 0.717) is 5.75 Å². The van der Waals surface area contributed by atoms with Gasteiger partial charge in [0.1, 0.15) is 24.2 Å². The highest BCUT2D eigenvalue weighted by molar-refractivity contribution is 5.32. The predicted molar refractivity (Wildman–Crippen MR) is 67.7 cm³/mol. The summed E-state index contributed by atoms with van der Waals surface area (Å²) in [5, 5.41) is 9.92. The SMILES string of the molecule is COc1cccc(OCC(O)c2ccncc2)c1. The molecule has 18 heavy (non-hydrogen) atoms. The summed E-state index contributed by atoms with van der Waals surface area (Å²) in [6, 6.07) is 10.8. The van der Waals surface area contributed by atoms with Gasteiger partial charge in [0.25, 0.3) is 0 Å². The smallest absolute Gasteiger partial charge is 0.123 e. The van der Waals surface area contributed by atoms with E-state index in [1.54, 1.807) is 37.7 Å². The molecule has 1 aromatic heterocycles. The van der Waals surface area contributed by atoms with Gasteiger partial charge in [-0.05, 0) is 29.8 Å². The number of rotatable bonds is 5.